The van der Waals surface area contributed by atoms with Crippen LogP contribution in [0.3, 0.4) is 0 Å². The van der Waals surface area contributed by atoms with Gasteiger partial charge in [0.25, 0.3) is 11.8 Å². The molecular weight excluding hydrogens is 314 g/mol. The molecule has 1 aromatic rings. The molecule has 1 unspecified atom stereocenters. The maximum Gasteiger partial charge on any atom is 0.280 e. The van der Waals surface area contributed by atoms with E-state index in [-0.39, 0.29) is 24.4 Å². The molecule has 0 bridgehead atoms. The van der Waals surface area contributed by atoms with Gasteiger partial charge in [0, 0.05) is 18.8 Å². The molecule has 1 aromatic carbocycles. The van der Waals surface area contributed by atoms with Crippen LogP contribution in [-0.4, -0.2) is 49.4 Å². The molecule has 2 amide bonds. The van der Waals surface area contributed by atoms with E-state index in [4.69, 9.17) is 0 Å². The van der Waals surface area contributed by atoms with Gasteiger partial charge in [-0.15, -0.1) is 0 Å². The molecule has 2 N–H and O–H groups in total. The third kappa shape index (κ3) is 5.56. The number of anilines is 1. The predicted molar refractivity (Wildman–Crippen MR) is 101 cm³/mol. The van der Waals surface area contributed by atoms with Gasteiger partial charge in [-0.05, 0) is 44.2 Å². The van der Waals surface area contributed by atoms with Gasteiger partial charge >= 0.3 is 0 Å². The third-order valence-corrected chi connectivity index (χ3v) is 5.06. The van der Waals surface area contributed by atoms with E-state index < -0.39 is 0 Å². The Morgan fingerprint density at radius 2 is 1.76 bits per heavy atom. The number of amides is 2. The first-order valence-corrected chi connectivity index (χ1v) is 9.24. The molecule has 1 aliphatic rings. The second kappa shape index (κ2) is 8.48. The lowest BCUT2D eigenvalue weighted by Gasteiger charge is -2.36. The summed E-state index contributed by atoms with van der Waals surface area (Å²) in [5.41, 5.74) is 1.95. The zero-order valence-corrected chi connectivity index (χ0v) is 16.1. The largest absolute Gasteiger partial charge is 0.337 e. The van der Waals surface area contributed by atoms with Gasteiger partial charge in [0.05, 0.1) is 7.05 Å². The molecule has 1 heterocycles. The Kier molecular flexibility index (Phi) is 6.59. The standard InChI is InChI=1S/C20H31N3O2/c1-14-6-8-18(9-7-14)21-19(24)13-22(5)17(4)20(25)23-11-15(2)10-16(3)12-23/h6-9,15-17H,10-13H2,1-5H3,(H,21,24)/p+1/t15-,16+,17-/m0/s1. The van der Waals surface area contributed by atoms with Gasteiger partial charge in [-0.25, -0.2) is 0 Å². The number of nitrogens with one attached hydrogen (secondary N) is 2. The second-order valence-corrected chi connectivity index (χ2v) is 7.85. The average molecular weight is 346 g/mol. The highest BCUT2D eigenvalue weighted by Crippen LogP contribution is 2.21. The number of rotatable bonds is 5. The minimum atomic E-state index is -0.221. The number of likely N-dealkylation sites (N-methyl/N-ethyl adjacent to an activating group) is 1. The highest BCUT2D eigenvalue weighted by atomic mass is 16.2. The Hall–Kier alpha value is -1.88. The van der Waals surface area contributed by atoms with Gasteiger partial charge in [0.2, 0.25) is 0 Å². The Bertz CT molecular complexity index is 589. The zero-order valence-electron chi connectivity index (χ0n) is 16.1. The van der Waals surface area contributed by atoms with Crippen LogP contribution in [0.4, 0.5) is 5.69 Å². The summed E-state index contributed by atoms with van der Waals surface area (Å²) in [5.74, 6) is 1.18. The van der Waals surface area contributed by atoms with Crippen molar-refractivity contribution in [3.05, 3.63) is 29.8 Å². The summed E-state index contributed by atoms with van der Waals surface area (Å²) in [6.45, 7) is 10.3. The molecule has 4 atom stereocenters. The Morgan fingerprint density at radius 3 is 2.32 bits per heavy atom. The first-order chi connectivity index (χ1) is 11.8. The lowest BCUT2D eigenvalue weighted by Crippen LogP contribution is -3.15. The van der Waals surface area contributed by atoms with Crippen molar-refractivity contribution in [2.45, 2.75) is 40.2 Å². The summed E-state index contributed by atoms with van der Waals surface area (Å²) in [7, 11) is 1.91. The summed E-state index contributed by atoms with van der Waals surface area (Å²) >= 11 is 0. The fraction of sp³-hybridized carbons (Fsp3) is 0.600. The molecule has 138 valence electrons. The third-order valence-electron chi connectivity index (χ3n) is 5.06. The molecule has 2 rings (SSSR count). The number of carbonyl (C=O) groups excluding carboxylic acids is 2. The van der Waals surface area contributed by atoms with Crippen molar-refractivity contribution >= 4 is 17.5 Å². The molecule has 25 heavy (non-hydrogen) atoms. The number of benzene rings is 1. The molecule has 5 nitrogen and oxygen atoms in total. The first-order valence-electron chi connectivity index (χ1n) is 9.24. The van der Waals surface area contributed by atoms with E-state index in [1.807, 2.05) is 50.1 Å². The smallest absolute Gasteiger partial charge is 0.280 e. The van der Waals surface area contributed by atoms with E-state index in [0.717, 1.165) is 29.2 Å². The van der Waals surface area contributed by atoms with E-state index in [2.05, 4.69) is 19.2 Å². The summed E-state index contributed by atoms with van der Waals surface area (Å²) in [6.07, 6.45) is 1.18. The molecule has 1 fully saturated rings. The number of nitrogens with zero attached hydrogens (tertiary/aromatic N) is 1. The number of aryl methyl sites for hydroxylation is 1. The summed E-state index contributed by atoms with van der Waals surface area (Å²) in [5, 5.41) is 2.90. The van der Waals surface area contributed by atoms with Crippen molar-refractivity contribution in [1.82, 2.24) is 4.90 Å². The van der Waals surface area contributed by atoms with Crippen LogP contribution in [0, 0.1) is 18.8 Å². The van der Waals surface area contributed by atoms with E-state index in [1.54, 1.807) is 0 Å². The Morgan fingerprint density at radius 1 is 1.20 bits per heavy atom. The van der Waals surface area contributed by atoms with Crippen molar-refractivity contribution in [1.29, 1.82) is 0 Å². The lowest BCUT2D eigenvalue weighted by molar-refractivity contribution is -0.886. The van der Waals surface area contributed by atoms with Crippen molar-refractivity contribution < 1.29 is 14.5 Å². The van der Waals surface area contributed by atoms with E-state index in [0.29, 0.717) is 11.8 Å². The average Bonchev–Trinajstić information content (AvgIpc) is 2.54. The molecule has 5 heteroatoms. The molecule has 0 spiro atoms. The van der Waals surface area contributed by atoms with Crippen LogP contribution in [0.15, 0.2) is 24.3 Å². The van der Waals surface area contributed by atoms with Gasteiger partial charge in [0.15, 0.2) is 12.6 Å². The van der Waals surface area contributed by atoms with Crippen molar-refractivity contribution in [2.24, 2.45) is 11.8 Å². The van der Waals surface area contributed by atoms with Gasteiger partial charge in [0.1, 0.15) is 0 Å². The molecule has 0 saturated carbocycles. The number of likely N-dealkylation sites (tertiary alicyclic amines) is 1. The fourth-order valence-electron chi connectivity index (χ4n) is 3.58. The van der Waals surface area contributed by atoms with Crippen LogP contribution in [0.25, 0.3) is 0 Å². The summed E-state index contributed by atoms with van der Waals surface area (Å²) < 4.78 is 0. The minimum absolute atomic E-state index is 0.0682. The molecule has 1 aliphatic heterocycles. The van der Waals surface area contributed by atoms with Gasteiger partial charge in [-0.1, -0.05) is 31.5 Å². The zero-order chi connectivity index (χ0) is 18.6. The number of piperidine rings is 1. The van der Waals surface area contributed by atoms with Gasteiger partial charge in [-0.3, -0.25) is 9.59 Å². The van der Waals surface area contributed by atoms with Crippen LogP contribution >= 0.6 is 0 Å². The van der Waals surface area contributed by atoms with E-state index in [9.17, 15) is 9.59 Å². The second-order valence-electron chi connectivity index (χ2n) is 7.85. The SMILES string of the molecule is Cc1ccc(NC(=O)C[NH+](C)[C@@H](C)C(=O)N2C[C@H](C)C[C@H](C)C2)cc1. The minimum Gasteiger partial charge on any atom is -0.337 e. The maximum absolute atomic E-state index is 12.8. The van der Waals surface area contributed by atoms with Crippen LogP contribution in [0.1, 0.15) is 32.8 Å². The maximum atomic E-state index is 12.8. The van der Waals surface area contributed by atoms with Crippen molar-refractivity contribution in [2.75, 3.05) is 32.0 Å². The number of carbonyl (C=O) groups is 2. The molecule has 0 aliphatic carbocycles. The van der Waals surface area contributed by atoms with Crippen LogP contribution in [0.5, 0.6) is 0 Å². The number of quaternary nitrogens is 1. The number of hydrogen-bond acceptors (Lipinski definition) is 2. The highest BCUT2D eigenvalue weighted by Gasteiger charge is 2.32. The monoisotopic (exact) mass is 346 g/mol. The Labute approximate surface area is 151 Å². The quantitative estimate of drug-likeness (QED) is 0.845. The van der Waals surface area contributed by atoms with Crippen molar-refractivity contribution in [3.8, 4) is 0 Å². The molecule has 1 saturated heterocycles. The van der Waals surface area contributed by atoms with Gasteiger partial charge < -0.3 is 15.1 Å². The fourth-order valence-corrected chi connectivity index (χ4v) is 3.58. The summed E-state index contributed by atoms with van der Waals surface area (Å²) in [6, 6.07) is 7.51. The van der Waals surface area contributed by atoms with Crippen LogP contribution in [-0.2, 0) is 9.59 Å². The normalized spacial score (nSPS) is 23.0. The first kappa shape index (κ1) is 19.4. The lowest BCUT2D eigenvalue weighted by atomic mass is 9.91. The van der Waals surface area contributed by atoms with Crippen molar-refractivity contribution in [3.63, 3.8) is 0 Å². The molecular formula is C20H32N3O2+. The Balaban J connectivity index is 1.88. The highest BCUT2D eigenvalue weighted by molar-refractivity contribution is 5.91. The molecule has 0 aromatic heterocycles. The van der Waals surface area contributed by atoms with Gasteiger partial charge in [-0.2, -0.15) is 0 Å². The summed E-state index contributed by atoms with van der Waals surface area (Å²) in [4.78, 5) is 27.9. The number of hydrogen-bond donors (Lipinski definition) is 2. The molecule has 0 radical (unpaired) electrons. The van der Waals surface area contributed by atoms with E-state index in [1.165, 1.54) is 6.42 Å². The topological polar surface area (TPSA) is 53.9 Å². The van der Waals surface area contributed by atoms with Crippen LogP contribution in [0.2, 0.25) is 0 Å². The van der Waals surface area contributed by atoms with E-state index >= 15 is 0 Å². The predicted octanol–water partition coefficient (Wildman–Crippen LogP) is 1.34. The van der Waals surface area contributed by atoms with Crippen LogP contribution < -0.4 is 10.2 Å².